The molecule has 0 aliphatic carbocycles. The van der Waals surface area contributed by atoms with Gasteiger partial charge in [-0.3, -0.25) is 0 Å². The van der Waals surface area contributed by atoms with Crippen LogP contribution in [-0.4, -0.2) is 0 Å². The van der Waals surface area contributed by atoms with Crippen LogP contribution < -0.4 is 0 Å². The summed E-state index contributed by atoms with van der Waals surface area (Å²) >= 11 is 0. The molecule has 0 amide bonds. The van der Waals surface area contributed by atoms with Gasteiger partial charge in [-0.2, -0.15) is 0 Å². The van der Waals surface area contributed by atoms with Gasteiger partial charge in [0.1, 0.15) is 0 Å². The fourth-order valence-corrected chi connectivity index (χ4v) is 1.44. The molecule has 0 fully saturated rings. The lowest BCUT2D eigenvalue weighted by molar-refractivity contribution is 1.39. The summed E-state index contributed by atoms with van der Waals surface area (Å²) in [6, 6.07) is 16.9. The van der Waals surface area contributed by atoms with Crippen LogP contribution >= 0.6 is 0 Å². The fraction of sp³-hybridized carbons (Fsp3) is 0.294. The van der Waals surface area contributed by atoms with Crippen molar-refractivity contribution in [3.8, 4) is 0 Å². The first-order chi connectivity index (χ1) is 7.58. The Bertz CT molecular complexity index is 386. The van der Waals surface area contributed by atoms with E-state index >= 15 is 0 Å². The molecule has 0 heteroatoms. The number of hydrogen-bond donors (Lipinski definition) is 0. The zero-order valence-corrected chi connectivity index (χ0v) is 10.6. The summed E-state index contributed by atoms with van der Waals surface area (Å²) < 4.78 is 0. The fourth-order valence-electron chi connectivity index (χ4n) is 1.44. The topological polar surface area (TPSA) is 0 Å². The van der Waals surface area contributed by atoms with Crippen LogP contribution in [0.1, 0.15) is 29.7 Å². The van der Waals surface area contributed by atoms with Crippen molar-refractivity contribution >= 4 is 0 Å². The Morgan fingerprint density at radius 1 is 0.529 bits per heavy atom. The van der Waals surface area contributed by atoms with E-state index in [4.69, 9.17) is 0 Å². The van der Waals surface area contributed by atoms with Gasteiger partial charge in [-0.1, -0.05) is 78.2 Å². The van der Waals surface area contributed by atoms with Crippen molar-refractivity contribution in [3.05, 3.63) is 70.8 Å². The first-order valence-electron chi connectivity index (χ1n) is 5.64. The zero-order chi connectivity index (χ0) is 12.0. The summed E-state index contributed by atoms with van der Waals surface area (Å²) in [4.78, 5) is 0. The van der Waals surface area contributed by atoms with Crippen molar-refractivity contribution < 1.29 is 0 Å². The summed E-state index contributed by atoms with van der Waals surface area (Å²) in [6.07, 6.45) is 0. The van der Waals surface area contributed by atoms with Gasteiger partial charge in [0, 0.05) is 0 Å². The normalized spacial score (nSPS) is 8.71. The highest BCUT2D eigenvalue weighted by Crippen LogP contribution is 2.00. The van der Waals surface area contributed by atoms with Crippen molar-refractivity contribution in [1.29, 1.82) is 0 Å². The lowest BCUT2D eigenvalue weighted by Crippen LogP contribution is -1.71. The van der Waals surface area contributed by atoms with Crippen molar-refractivity contribution in [2.24, 2.45) is 0 Å². The molecule has 17 heavy (non-hydrogen) atoms. The number of rotatable bonds is 0. The van der Waals surface area contributed by atoms with Crippen LogP contribution in [0.15, 0.2) is 48.5 Å². The molecule has 2 aromatic carbocycles. The van der Waals surface area contributed by atoms with Gasteiger partial charge in [-0.25, -0.2) is 0 Å². The highest BCUT2D eigenvalue weighted by Gasteiger charge is 1.81. The second kappa shape index (κ2) is 7.67. The van der Waals surface area contributed by atoms with E-state index in [1.165, 1.54) is 22.3 Å². The molecule has 0 unspecified atom stereocenters. The molecule has 2 aromatic rings. The van der Waals surface area contributed by atoms with Gasteiger partial charge in [0.15, 0.2) is 0 Å². The summed E-state index contributed by atoms with van der Waals surface area (Å²) in [7, 11) is 0. The van der Waals surface area contributed by atoms with Crippen LogP contribution in [0.25, 0.3) is 0 Å². The maximum Gasteiger partial charge on any atom is -0.0398 e. The molecule has 0 aliphatic rings. The van der Waals surface area contributed by atoms with Crippen molar-refractivity contribution in [2.75, 3.05) is 0 Å². The lowest BCUT2D eigenvalue weighted by Gasteiger charge is -1.90. The molecule has 0 saturated carbocycles. The quantitative estimate of drug-likeness (QED) is 0.578. The van der Waals surface area contributed by atoms with E-state index in [1.807, 2.05) is 0 Å². The van der Waals surface area contributed by atoms with Gasteiger partial charge < -0.3 is 0 Å². The van der Waals surface area contributed by atoms with Crippen LogP contribution in [0.5, 0.6) is 0 Å². The number of hydrogen-bond acceptors (Lipinski definition) is 0. The number of aryl methyl sites for hydroxylation is 4. The molecule has 0 spiro atoms. The summed E-state index contributed by atoms with van der Waals surface area (Å²) in [6.45, 7) is 8.40. The van der Waals surface area contributed by atoms with Gasteiger partial charge >= 0.3 is 0 Å². The third-order valence-electron chi connectivity index (χ3n) is 2.39. The Balaban J connectivity index is 0.000000284. The highest BCUT2D eigenvalue weighted by molar-refractivity contribution is 5.20. The van der Waals surface area contributed by atoms with Gasteiger partial charge in [0.05, 0.1) is 0 Å². The minimum Gasteiger partial charge on any atom is -0.0776 e. The molecule has 0 atom stereocenters. The monoisotopic (exact) mass is 228 g/mol. The Morgan fingerprint density at radius 3 is 1.12 bits per heavy atom. The van der Waals surface area contributed by atoms with Gasteiger partial charge in [0.25, 0.3) is 0 Å². The first-order valence-corrected chi connectivity index (χ1v) is 5.64. The third-order valence-corrected chi connectivity index (χ3v) is 2.39. The van der Waals surface area contributed by atoms with E-state index in [2.05, 4.69) is 76.2 Å². The summed E-state index contributed by atoms with van der Waals surface area (Å²) in [5.74, 6) is 0. The van der Waals surface area contributed by atoms with E-state index in [0.29, 0.717) is 0 Å². The zero-order valence-electron chi connectivity index (χ0n) is 10.6. The van der Waals surface area contributed by atoms with Crippen molar-refractivity contribution in [1.82, 2.24) is 0 Å². The average Bonchev–Trinajstić information content (AvgIpc) is 2.23. The molecule has 92 valence electrons. The average molecular weight is 228 g/mol. The lowest BCUT2D eigenvalue weighted by atomic mass is 10.2. The maximum atomic E-state index is 2.17. The Hall–Kier alpha value is -1.56. The molecule has 0 nitrogen and oxygen atoms in total. The summed E-state index contributed by atoms with van der Waals surface area (Å²) in [5.41, 5.74) is 5.33. The third kappa shape index (κ3) is 6.57. The van der Waals surface area contributed by atoms with Crippen LogP contribution in [0, 0.1) is 27.7 Å². The molecular weight excluding hydrogens is 204 g/mol. The van der Waals surface area contributed by atoms with Crippen LogP contribution in [0.3, 0.4) is 0 Å². The standard InChI is InChI=1S/2C8H10.CH4/c1-7-3-5-8(2)6-4-7;1-7-4-3-5-8(2)6-7;/h2*3-6H,1-2H3;1H4. The highest BCUT2D eigenvalue weighted by atomic mass is 13.9. The Morgan fingerprint density at radius 2 is 0.882 bits per heavy atom. The number of benzene rings is 2. The predicted molar refractivity (Wildman–Crippen MR) is 78.6 cm³/mol. The molecule has 0 bridgehead atoms. The SMILES string of the molecule is C.Cc1ccc(C)cc1.Cc1cccc(C)c1. The van der Waals surface area contributed by atoms with E-state index in [1.54, 1.807) is 0 Å². The largest absolute Gasteiger partial charge is 0.0776 e. The minimum absolute atomic E-state index is 0. The van der Waals surface area contributed by atoms with Gasteiger partial charge in [-0.05, 0) is 27.7 Å². The van der Waals surface area contributed by atoms with Crippen molar-refractivity contribution in [2.45, 2.75) is 35.1 Å². The van der Waals surface area contributed by atoms with Gasteiger partial charge in [0.2, 0.25) is 0 Å². The molecule has 0 radical (unpaired) electrons. The van der Waals surface area contributed by atoms with Crippen molar-refractivity contribution in [3.63, 3.8) is 0 Å². The molecular formula is C17H24. The van der Waals surface area contributed by atoms with E-state index in [0.717, 1.165) is 0 Å². The summed E-state index contributed by atoms with van der Waals surface area (Å²) in [5, 5.41) is 0. The van der Waals surface area contributed by atoms with E-state index in [9.17, 15) is 0 Å². The molecule has 0 saturated heterocycles. The Kier molecular flexibility index (Phi) is 6.97. The molecule has 2 rings (SSSR count). The molecule has 0 heterocycles. The van der Waals surface area contributed by atoms with E-state index < -0.39 is 0 Å². The molecule has 0 aliphatic heterocycles. The van der Waals surface area contributed by atoms with Crippen LogP contribution in [0.4, 0.5) is 0 Å². The van der Waals surface area contributed by atoms with Gasteiger partial charge in [-0.15, -0.1) is 0 Å². The minimum atomic E-state index is 0. The second-order valence-electron chi connectivity index (χ2n) is 4.31. The maximum absolute atomic E-state index is 2.17. The van der Waals surface area contributed by atoms with Crippen LogP contribution in [-0.2, 0) is 0 Å². The second-order valence-corrected chi connectivity index (χ2v) is 4.31. The first kappa shape index (κ1) is 15.4. The molecule has 0 N–H and O–H groups in total. The Labute approximate surface area is 106 Å². The van der Waals surface area contributed by atoms with E-state index in [-0.39, 0.29) is 7.43 Å². The predicted octanol–water partition coefficient (Wildman–Crippen LogP) is 5.24. The van der Waals surface area contributed by atoms with Crippen LogP contribution in [0.2, 0.25) is 0 Å². The smallest absolute Gasteiger partial charge is 0.0398 e. The molecule has 0 aromatic heterocycles.